The van der Waals surface area contributed by atoms with Crippen molar-refractivity contribution < 1.29 is 9.13 Å². The van der Waals surface area contributed by atoms with E-state index in [0.717, 1.165) is 31.7 Å². The first-order chi connectivity index (χ1) is 10.3. The van der Waals surface area contributed by atoms with E-state index in [0.29, 0.717) is 11.7 Å². The quantitative estimate of drug-likeness (QED) is 0.917. The van der Waals surface area contributed by atoms with Crippen LogP contribution in [0.4, 0.5) is 4.39 Å². The Kier molecular flexibility index (Phi) is 6.48. The molecule has 1 atom stereocenters. The maximum atomic E-state index is 14.6. The third-order valence-electron chi connectivity index (χ3n) is 4.92. The van der Waals surface area contributed by atoms with Gasteiger partial charge in [0, 0.05) is 43.9 Å². The number of ether oxygens (including phenoxy) is 1. The van der Waals surface area contributed by atoms with Gasteiger partial charge in [-0.3, -0.25) is 4.90 Å². The lowest BCUT2D eigenvalue weighted by Crippen LogP contribution is -2.46. The van der Waals surface area contributed by atoms with Gasteiger partial charge in [-0.15, -0.1) is 12.4 Å². The lowest BCUT2D eigenvalue weighted by atomic mass is 9.89. The summed E-state index contributed by atoms with van der Waals surface area (Å²) in [6.45, 7) is 4.02. The number of benzene rings is 1. The van der Waals surface area contributed by atoms with Crippen LogP contribution in [0.1, 0.15) is 37.3 Å². The molecule has 124 valence electrons. The van der Waals surface area contributed by atoms with E-state index in [2.05, 4.69) is 10.2 Å². The number of methoxy groups -OCH3 is 1. The first kappa shape index (κ1) is 17.5. The van der Waals surface area contributed by atoms with Crippen molar-refractivity contribution in [2.75, 3.05) is 33.3 Å². The third-order valence-corrected chi connectivity index (χ3v) is 4.92. The molecule has 1 aromatic carbocycles. The van der Waals surface area contributed by atoms with Gasteiger partial charge in [0.15, 0.2) is 0 Å². The van der Waals surface area contributed by atoms with Crippen molar-refractivity contribution in [3.63, 3.8) is 0 Å². The standard InChI is InChI=1S/C17H25FN2O.ClH/c1-21-14-6-7-15(16(18)12-14)17(13-4-2-3-5-13)20-10-8-19-9-11-20;/h6-7,12-13,17,19H,2-5,8-11H2,1H3;1H/t17-;/m1./s1. The molecule has 0 aromatic heterocycles. The second-order valence-electron chi connectivity index (χ2n) is 6.16. The summed E-state index contributed by atoms with van der Waals surface area (Å²) < 4.78 is 19.7. The molecule has 2 aliphatic rings. The molecule has 0 spiro atoms. The van der Waals surface area contributed by atoms with Crippen LogP contribution in [0.25, 0.3) is 0 Å². The fourth-order valence-corrected chi connectivity index (χ4v) is 3.86. The van der Waals surface area contributed by atoms with Gasteiger partial charge >= 0.3 is 0 Å². The molecule has 1 aliphatic heterocycles. The molecule has 1 N–H and O–H groups in total. The Labute approximate surface area is 138 Å². The fraction of sp³-hybridized carbons (Fsp3) is 0.647. The minimum absolute atomic E-state index is 0. The molecule has 0 radical (unpaired) electrons. The molecule has 0 amide bonds. The van der Waals surface area contributed by atoms with Crippen LogP contribution in [-0.4, -0.2) is 38.2 Å². The second kappa shape index (κ2) is 8.14. The van der Waals surface area contributed by atoms with Gasteiger partial charge in [-0.05, 0) is 24.8 Å². The molecule has 1 saturated carbocycles. The van der Waals surface area contributed by atoms with E-state index >= 15 is 0 Å². The van der Waals surface area contributed by atoms with Gasteiger partial charge in [-0.1, -0.05) is 18.9 Å². The van der Waals surface area contributed by atoms with Crippen LogP contribution in [0.15, 0.2) is 18.2 Å². The predicted molar refractivity (Wildman–Crippen MR) is 89.3 cm³/mol. The minimum Gasteiger partial charge on any atom is -0.497 e. The summed E-state index contributed by atoms with van der Waals surface area (Å²) in [5.74, 6) is 1.07. The molecule has 3 nitrogen and oxygen atoms in total. The summed E-state index contributed by atoms with van der Waals surface area (Å²) in [6.07, 6.45) is 5.01. The molecule has 0 bridgehead atoms. The monoisotopic (exact) mass is 328 g/mol. The number of piperazine rings is 1. The highest BCUT2D eigenvalue weighted by Gasteiger charge is 2.33. The van der Waals surface area contributed by atoms with Gasteiger partial charge in [0.25, 0.3) is 0 Å². The molecule has 2 fully saturated rings. The molecule has 1 aromatic rings. The van der Waals surface area contributed by atoms with E-state index in [1.165, 1.54) is 31.7 Å². The van der Waals surface area contributed by atoms with Crippen LogP contribution in [0.3, 0.4) is 0 Å². The van der Waals surface area contributed by atoms with Crippen LogP contribution in [-0.2, 0) is 0 Å². The Morgan fingerprint density at radius 2 is 1.91 bits per heavy atom. The van der Waals surface area contributed by atoms with Crippen molar-refractivity contribution in [2.45, 2.75) is 31.7 Å². The zero-order valence-corrected chi connectivity index (χ0v) is 14.0. The SMILES string of the molecule is COc1ccc([C@@H](C2CCCC2)N2CCNCC2)c(F)c1.Cl. The Balaban J connectivity index is 0.00000176. The molecular formula is C17H26ClFN2O. The number of nitrogens with one attached hydrogen (secondary N) is 1. The average molecular weight is 329 g/mol. The highest BCUT2D eigenvalue weighted by atomic mass is 35.5. The van der Waals surface area contributed by atoms with E-state index in [9.17, 15) is 4.39 Å². The van der Waals surface area contributed by atoms with Crippen molar-refractivity contribution in [3.8, 4) is 5.75 Å². The third kappa shape index (κ3) is 3.73. The van der Waals surface area contributed by atoms with Crippen molar-refractivity contribution in [1.29, 1.82) is 0 Å². The van der Waals surface area contributed by atoms with Gasteiger partial charge in [0.1, 0.15) is 11.6 Å². The number of halogens is 2. The smallest absolute Gasteiger partial charge is 0.131 e. The minimum atomic E-state index is -0.121. The summed E-state index contributed by atoms with van der Waals surface area (Å²) >= 11 is 0. The fourth-order valence-electron chi connectivity index (χ4n) is 3.86. The second-order valence-corrected chi connectivity index (χ2v) is 6.16. The molecule has 1 heterocycles. The van der Waals surface area contributed by atoms with Crippen LogP contribution < -0.4 is 10.1 Å². The Hall–Kier alpha value is -0.840. The first-order valence-corrected chi connectivity index (χ1v) is 8.08. The first-order valence-electron chi connectivity index (χ1n) is 8.08. The summed E-state index contributed by atoms with van der Waals surface area (Å²) in [5.41, 5.74) is 0.851. The Morgan fingerprint density at radius 3 is 2.50 bits per heavy atom. The van der Waals surface area contributed by atoms with Crippen LogP contribution in [0.2, 0.25) is 0 Å². The summed E-state index contributed by atoms with van der Waals surface area (Å²) in [7, 11) is 1.58. The molecular weight excluding hydrogens is 303 g/mol. The molecule has 3 rings (SSSR count). The van der Waals surface area contributed by atoms with Crippen LogP contribution >= 0.6 is 12.4 Å². The van der Waals surface area contributed by atoms with E-state index in [1.54, 1.807) is 7.11 Å². The molecule has 1 aliphatic carbocycles. The summed E-state index contributed by atoms with van der Waals surface area (Å²) in [6, 6.07) is 5.57. The van der Waals surface area contributed by atoms with Gasteiger partial charge in [-0.2, -0.15) is 0 Å². The lowest BCUT2D eigenvalue weighted by Gasteiger charge is -2.38. The largest absolute Gasteiger partial charge is 0.497 e. The topological polar surface area (TPSA) is 24.5 Å². The van der Waals surface area contributed by atoms with Gasteiger partial charge in [0.2, 0.25) is 0 Å². The van der Waals surface area contributed by atoms with Crippen molar-refractivity contribution in [3.05, 3.63) is 29.6 Å². The van der Waals surface area contributed by atoms with E-state index in [-0.39, 0.29) is 24.3 Å². The number of nitrogens with zero attached hydrogens (tertiary/aromatic N) is 1. The van der Waals surface area contributed by atoms with Crippen molar-refractivity contribution in [1.82, 2.24) is 10.2 Å². The van der Waals surface area contributed by atoms with Gasteiger partial charge < -0.3 is 10.1 Å². The van der Waals surface area contributed by atoms with Crippen molar-refractivity contribution in [2.24, 2.45) is 5.92 Å². The molecule has 0 unspecified atom stereocenters. The maximum Gasteiger partial charge on any atom is 0.131 e. The maximum absolute atomic E-state index is 14.6. The number of hydrogen-bond acceptors (Lipinski definition) is 3. The van der Waals surface area contributed by atoms with Crippen LogP contribution in [0.5, 0.6) is 5.75 Å². The van der Waals surface area contributed by atoms with Gasteiger partial charge in [0.05, 0.1) is 7.11 Å². The Morgan fingerprint density at radius 1 is 1.23 bits per heavy atom. The Bertz CT molecular complexity index is 474. The molecule has 5 heteroatoms. The van der Waals surface area contributed by atoms with Crippen LogP contribution in [0, 0.1) is 11.7 Å². The number of hydrogen-bond donors (Lipinski definition) is 1. The highest BCUT2D eigenvalue weighted by molar-refractivity contribution is 5.85. The van der Waals surface area contributed by atoms with E-state index in [1.807, 2.05) is 12.1 Å². The van der Waals surface area contributed by atoms with Crippen molar-refractivity contribution >= 4 is 12.4 Å². The molecule has 22 heavy (non-hydrogen) atoms. The number of rotatable bonds is 4. The van der Waals surface area contributed by atoms with E-state index in [4.69, 9.17) is 4.74 Å². The summed E-state index contributed by atoms with van der Waals surface area (Å²) in [4.78, 5) is 2.47. The summed E-state index contributed by atoms with van der Waals surface area (Å²) in [5, 5.41) is 3.39. The zero-order valence-electron chi connectivity index (χ0n) is 13.2. The predicted octanol–water partition coefficient (Wildman–Crippen LogP) is 3.39. The average Bonchev–Trinajstić information content (AvgIpc) is 3.04. The molecule has 1 saturated heterocycles. The highest BCUT2D eigenvalue weighted by Crippen LogP contribution is 2.41. The normalized spacial score (nSPS) is 21.4. The lowest BCUT2D eigenvalue weighted by molar-refractivity contribution is 0.122. The van der Waals surface area contributed by atoms with E-state index < -0.39 is 0 Å². The van der Waals surface area contributed by atoms with Gasteiger partial charge in [-0.25, -0.2) is 4.39 Å². The zero-order chi connectivity index (χ0) is 14.7.